The highest BCUT2D eigenvalue weighted by Gasteiger charge is 2.23. The summed E-state index contributed by atoms with van der Waals surface area (Å²) in [4.78, 5) is 2.32. The molecule has 0 radical (unpaired) electrons. The fourth-order valence-corrected chi connectivity index (χ4v) is 9.90. The second-order valence-electron chi connectivity index (χ2n) is 14.4. The second-order valence-corrected chi connectivity index (χ2v) is 15.5. The van der Waals surface area contributed by atoms with Gasteiger partial charge in [0.1, 0.15) is 16.7 Å². The lowest BCUT2D eigenvalue weighted by molar-refractivity contribution is 0.669. The van der Waals surface area contributed by atoms with Gasteiger partial charge in [-0.3, -0.25) is 0 Å². The van der Waals surface area contributed by atoms with Gasteiger partial charge in [0.05, 0.1) is 5.69 Å². The van der Waals surface area contributed by atoms with Gasteiger partial charge in [-0.1, -0.05) is 133 Å². The molecule has 56 heavy (non-hydrogen) atoms. The molecule has 0 saturated heterocycles. The van der Waals surface area contributed by atoms with Gasteiger partial charge in [-0.2, -0.15) is 0 Å². The Bertz CT molecular complexity index is 3480. The first-order chi connectivity index (χ1) is 27.8. The molecule has 0 N–H and O–H groups in total. The van der Waals surface area contributed by atoms with Crippen LogP contribution < -0.4 is 4.90 Å². The van der Waals surface area contributed by atoms with E-state index in [-0.39, 0.29) is 0 Å². The van der Waals surface area contributed by atoms with Crippen LogP contribution in [0.2, 0.25) is 0 Å². The molecular formula is C52H31NO2S. The minimum atomic E-state index is 0.850. The maximum Gasteiger partial charge on any atom is 0.159 e. The van der Waals surface area contributed by atoms with Crippen LogP contribution in [0.3, 0.4) is 0 Å². The zero-order valence-corrected chi connectivity index (χ0v) is 30.9. The standard InChI is InChI=1S/C52H31NO2S/c1-2-12-32(13-3-1)33-24-26-35(27-25-33)53(45-21-11-18-40-38-16-6-8-22-46(38)54-50(40)45)36-28-29-47-43(31-36)44-30-34-14-4-5-15-37(34)49(51(44)55-47)42-20-10-19-41-39-17-7-9-23-48(39)56-52(41)42/h1-31H. The summed E-state index contributed by atoms with van der Waals surface area (Å²) in [5.41, 5.74) is 11.2. The second kappa shape index (κ2) is 12.2. The molecule has 3 nitrogen and oxygen atoms in total. The highest BCUT2D eigenvalue weighted by molar-refractivity contribution is 7.26. The Morgan fingerprint density at radius 2 is 1.05 bits per heavy atom. The first kappa shape index (κ1) is 31.2. The van der Waals surface area contributed by atoms with Gasteiger partial charge in [0.2, 0.25) is 0 Å². The third kappa shape index (κ3) is 4.70. The highest BCUT2D eigenvalue weighted by Crippen LogP contribution is 2.48. The van der Waals surface area contributed by atoms with Crippen LogP contribution in [0.5, 0.6) is 0 Å². The first-order valence-electron chi connectivity index (χ1n) is 18.9. The van der Waals surface area contributed by atoms with Crippen LogP contribution >= 0.6 is 11.3 Å². The number of para-hydroxylation sites is 2. The lowest BCUT2D eigenvalue weighted by Gasteiger charge is -2.26. The lowest BCUT2D eigenvalue weighted by atomic mass is 9.94. The van der Waals surface area contributed by atoms with E-state index in [0.717, 1.165) is 66.5 Å². The van der Waals surface area contributed by atoms with Crippen molar-refractivity contribution in [3.63, 3.8) is 0 Å². The summed E-state index contributed by atoms with van der Waals surface area (Å²) in [7, 11) is 0. The lowest BCUT2D eigenvalue weighted by Crippen LogP contribution is -2.10. The predicted octanol–water partition coefficient (Wildman–Crippen LogP) is 15.8. The molecule has 0 saturated carbocycles. The molecule has 0 bridgehead atoms. The van der Waals surface area contributed by atoms with E-state index in [0.29, 0.717) is 0 Å². The van der Waals surface area contributed by atoms with Gasteiger partial charge in [-0.05, 0) is 76.5 Å². The Kier molecular flexibility index (Phi) is 6.80. The molecule has 0 fully saturated rings. The highest BCUT2D eigenvalue weighted by atomic mass is 32.1. The molecule has 0 atom stereocenters. The maximum atomic E-state index is 6.96. The van der Waals surface area contributed by atoms with E-state index in [1.807, 2.05) is 23.5 Å². The Morgan fingerprint density at radius 3 is 1.95 bits per heavy atom. The minimum Gasteiger partial charge on any atom is -0.455 e. The van der Waals surface area contributed by atoms with Crippen LogP contribution in [0.25, 0.3) is 97.1 Å². The van der Waals surface area contributed by atoms with E-state index in [2.05, 4.69) is 181 Å². The number of fused-ring (bicyclic) bond motifs is 10. The molecular weight excluding hydrogens is 703 g/mol. The number of hydrogen-bond acceptors (Lipinski definition) is 4. The monoisotopic (exact) mass is 733 g/mol. The summed E-state index contributed by atoms with van der Waals surface area (Å²) < 4.78 is 16.2. The molecule has 0 aliphatic rings. The normalized spacial score (nSPS) is 11.9. The molecule has 0 aliphatic heterocycles. The summed E-state index contributed by atoms with van der Waals surface area (Å²) in [6.07, 6.45) is 0. The number of anilines is 3. The SMILES string of the molecule is c1ccc(-c2ccc(N(c3ccc4oc5c(-c6cccc7c6sc6ccccc67)c6ccccc6cc5c4c3)c3cccc4c3oc3ccccc34)cc2)cc1. The van der Waals surface area contributed by atoms with Crippen molar-refractivity contribution in [2.24, 2.45) is 0 Å². The quantitative estimate of drug-likeness (QED) is 0.176. The third-order valence-corrected chi connectivity index (χ3v) is 12.5. The molecule has 0 unspecified atom stereocenters. The number of thiophene rings is 1. The van der Waals surface area contributed by atoms with E-state index < -0.39 is 0 Å². The molecule has 12 rings (SSSR count). The van der Waals surface area contributed by atoms with Crippen molar-refractivity contribution < 1.29 is 8.83 Å². The topological polar surface area (TPSA) is 29.5 Å². The Balaban J connectivity index is 1.11. The van der Waals surface area contributed by atoms with Crippen molar-refractivity contribution in [2.45, 2.75) is 0 Å². The van der Waals surface area contributed by atoms with Crippen LogP contribution in [0.4, 0.5) is 17.1 Å². The number of benzene rings is 9. The van der Waals surface area contributed by atoms with Crippen LogP contribution in [-0.4, -0.2) is 0 Å². The molecule has 3 aromatic heterocycles. The molecule has 4 heteroatoms. The molecule has 9 aromatic carbocycles. The van der Waals surface area contributed by atoms with E-state index in [1.54, 1.807) is 0 Å². The molecule has 12 aromatic rings. The number of hydrogen-bond donors (Lipinski definition) is 0. The molecule has 0 spiro atoms. The Morgan fingerprint density at radius 1 is 0.393 bits per heavy atom. The van der Waals surface area contributed by atoms with E-state index >= 15 is 0 Å². The Labute approximate surface area is 325 Å². The Hall–Kier alpha value is -7.14. The van der Waals surface area contributed by atoms with Crippen molar-refractivity contribution in [3.05, 3.63) is 188 Å². The largest absolute Gasteiger partial charge is 0.455 e. The first-order valence-corrected chi connectivity index (χ1v) is 19.7. The van der Waals surface area contributed by atoms with Crippen molar-refractivity contribution in [2.75, 3.05) is 4.90 Å². The fourth-order valence-electron chi connectivity index (χ4n) is 8.68. The van der Waals surface area contributed by atoms with Gasteiger partial charge < -0.3 is 13.7 Å². The number of nitrogens with zero attached hydrogens (tertiary/aromatic N) is 1. The summed E-state index contributed by atoms with van der Waals surface area (Å²) in [5.74, 6) is 0. The van der Waals surface area contributed by atoms with Crippen LogP contribution in [0, 0.1) is 0 Å². The van der Waals surface area contributed by atoms with Crippen LogP contribution in [0.1, 0.15) is 0 Å². The summed E-state index contributed by atoms with van der Waals surface area (Å²) in [5, 5.41) is 9.28. The molecule has 3 heterocycles. The summed E-state index contributed by atoms with van der Waals surface area (Å²) >= 11 is 1.85. The van der Waals surface area contributed by atoms with E-state index in [1.165, 1.54) is 47.6 Å². The molecule has 0 amide bonds. The van der Waals surface area contributed by atoms with Gasteiger partial charge in [-0.25, -0.2) is 0 Å². The average molecular weight is 734 g/mol. The van der Waals surface area contributed by atoms with Crippen molar-refractivity contribution in [3.8, 4) is 22.3 Å². The summed E-state index contributed by atoms with van der Waals surface area (Å²) in [6.45, 7) is 0. The smallest absolute Gasteiger partial charge is 0.159 e. The van der Waals surface area contributed by atoms with Gasteiger partial charge in [0.15, 0.2) is 5.58 Å². The predicted molar refractivity (Wildman–Crippen MR) is 237 cm³/mol. The molecule has 0 aliphatic carbocycles. The van der Waals surface area contributed by atoms with Crippen LogP contribution in [0.15, 0.2) is 197 Å². The minimum absolute atomic E-state index is 0.850. The van der Waals surface area contributed by atoms with E-state index in [4.69, 9.17) is 8.83 Å². The zero-order valence-electron chi connectivity index (χ0n) is 30.1. The van der Waals surface area contributed by atoms with Crippen LogP contribution in [-0.2, 0) is 0 Å². The molecule has 262 valence electrons. The fraction of sp³-hybridized carbons (Fsp3) is 0. The van der Waals surface area contributed by atoms with E-state index in [9.17, 15) is 0 Å². The number of furan rings is 2. The maximum absolute atomic E-state index is 6.96. The third-order valence-electron chi connectivity index (χ3n) is 11.3. The van der Waals surface area contributed by atoms with Crippen molar-refractivity contribution >= 4 is 103 Å². The van der Waals surface area contributed by atoms with Crippen molar-refractivity contribution in [1.82, 2.24) is 0 Å². The van der Waals surface area contributed by atoms with Gasteiger partial charge >= 0.3 is 0 Å². The average Bonchev–Trinajstić information content (AvgIpc) is 3.95. The number of rotatable bonds is 5. The summed E-state index contributed by atoms with van der Waals surface area (Å²) in [6, 6.07) is 67.0. The van der Waals surface area contributed by atoms with Gasteiger partial charge in [0, 0.05) is 64.2 Å². The van der Waals surface area contributed by atoms with Gasteiger partial charge in [-0.15, -0.1) is 11.3 Å². The zero-order chi connectivity index (χ0) is 36.7. The van der Waals surface area contributed by atoms with Crippen molar-refractivity contribution in [1.29, 1.82) is 0 Å². The van der Waals surface area contributed by atoms with Gasteiger partial charge in [0.25, 0.3) is 0 Å².